The van der Waals surface area contributed by atoms with E-state index in [2.05, 4.69) is 51.6 Å². The third kappa shape index (κ3) is 3.75. The van der Waals surface area contributed by atoms with Crippen molar-refractivity contribution in [3.05, 3.63) is 54.2 Å². The first-order valence-electron chi connectivity index (χ1n) is 7.91. The highest BCUT2D eigenvalue weighted by molar-refractivity contribution is 5.65. The molecular weight excluding hydrogens is 258 g/mol. The molecule has 21 heavy (non-hydrogen) atoms. The smallest absolute Gasteiger partial charge is 0.151 e. The second-order valence-electron chi connectivity index (χ2n) is 5.58. The molecule has 0 atom stereocenters. The molecule has 110 valence electrons. The Morgan fingerprint density at radius 3 is 2.62 bits per heavy atom. The summed E-state index contributed by atoms with van der Waals surface area (Å²) in [4.78, 5) is 6.95. The number of hydrogen-bond acceptors (Lipinski definition) is 3. The molecule has 0 amide bonds. The molecule has 3 rings (SSSR count). The van der Waals surface area contributed by atoms with Crippen LogP contribution >= 0.6 is 0 Å². The Hall–Kier alpha value is -2.03. The molecule has 1 fully saturated rings. The lowest BCUT2D eigenvalue weighted by molar-refractivity contribution is 0.858. The van der Waals surface area contributed by atoms with Gasteiger partial charge in [0.2, 0.25) is 0 Å². The Kier molecular flexibility index (Phi) is 4.72. The van der Waals surface area contributed by atoms with Crippen LogP contribution in [0.25, 0.3) is 0 Å². The molecule has 3 heteroatoms. The molecule has 2 heterocycles. The first kappa shape index (κ1) is 13.9. The summed E-state index contributed by atoms with van der Waals surface area (Å²) in [7, 11) is 0. The number of nitrogens with zero attached hydrogens (tertiary/aromatic N) is 2. The van der Waals surface area contributed by atoms with Gasteiger partial charge in [-0.25, -0.2) is 4.98 Å². The molecule has 1 N–H and O–H groups in total. The van der Waals surface area contributed by atoms with Gasteiger partial charge >= 0.3 is 0 Å². The highest BCUT2D eigenvalue weighted by atomic mass is 15.2. The summed E-state index contributed by atoms with van der Waals surface area (Å²) >= 11 is 0. The minimum absolute atomic E-state index is 0.988. The first-order chi connectivity index (χ1) is 10.4. The lowest BCUT2D eigenvalue weighted by Crippen LogP contribution is -2.20. The second kappa shape index (κ2) is 7.11. The van der Waals surface area contributed by atoms with E-state index >= 15 is 0 Å². The molecule has 1 aliphatic heterocycles. The van der Waals surface area contributed by atoms with E-state index in [-0.39, 0.29) is 0 Å². The van der Waals surface area contributed by atoms with Gasteiger partial charge in [-0.05, 0) is 43.4 Å². The standard InChI is InChI=1S/C18H23N3/c1-2-8-16(9-3-1)10-6-12-19-17-11-7-13-20-18(17)21-14-4-5-15-21/h1-3,7-9,11,13,19H,4-6,10,12,14-15H2. The van der Waals surface area contributed by atoms with E-state index in [0.29, 0.717) is 0 Å². The Bertz CT molecular complexity index is 547. The zero-order chi connectivity index (χ0) is 14.3. The largest absolute Gasteiger partial charge is 0.382 e. The summed E-state index contributed by atoms with van der Waals surface area (Å²) in [6.07, 6.45) is 6.71. The SMILES string of the molecule is c1ccc(CCCNc2cccnc2N2CCCC2)cc1. The molecule has 2 aromatic rings. The normalized spacial score (nSPS) is 14.4. The average molecular weight is 281 g/mol. The number of rotatable bonds is 6. The van der Waals surface area contributed by atoms with E-state index in [9.17, 15) is 0 Å². The molecule has 0 unspecified atom stereocenters. The lowest BCUT2D eigenvalue weighted by atomic mass is 10.1. The second-order valence-corrected chi connectivity index (χ2v) is 5.58. The molecular formula is C18H23N3. The van der Waals surface area contributed by atoms with Gasteiger partial charge in [0.05, 0.1) is 5.69 Å². The summed E-state index contributed by atoms with van der Waals surface area (Å²) in [6.45, 7) is 3.26. The van der Waals surface area contributed by atoms with Crippen molar-refractivity contribution in [3.8, 4) is 0 Å². The fourth-order valence-corrected chi connectivity index (χ4v) is 2.88. The van der Waals surface area contributed by atoms with Crippen LogP contribution in [0.15, 0.2) is 48.7 Å². The van der Waals surface area contributed by atoms with Gasteiger partial charge in [0.25, 0.3) is 0 Å². The van der Waals surface area contributed by atoms with Crippen LogP contribution in [0, 0.1) is 0 Å². The molecule has 0 radical (unpaired) electrons. The van der Waals surface area contributed by atoms with Gasteiger partial charge in [0.1, 0.15) is 0 Å². The number of nitrogens with one attached hydrogen (secondary N) is 1. The van der Waals surface area contributed by atoms with Gasteiger partial charge < -0.3 is 10.2 Å². The predicted molar refractivity (Wildman–Crippen MR) is 88.9 cm³/mol. The van der Waals surface area contributed by atoms with Gasteiger partial charge in [-0.3, -0.25) is 0 Å². The summed E-state index contributed by atoms with van der Waals surface area (Å²) in [5, 5.41) is 3.56. The third-order valence-corrected chi connectivity index (χ3v) is 3.99. The topological polar surface area (TPSA) is 28.2 Å². The number of pyridine rings is 1. The Morgan fingerprint density at radius 1 is 1.00 bits per heavy atom. The van der Waals surface area contributed by atoms with E-state index in [1.807, 2.05) is 12.3 Å². The van der Waals surface area contributed by atoms with Gasteiger partial charge in [0.15, 0.2) is 5.82 Å². The van der Waals surface area contributed by atoms with E-state index in [1.165, 1.54) is 24.1 Å². The Labute approximate surface area is 127 Å². The minimum Gasteiger partial charge on any atom is -0.382 e. The van der Waals surface area contributed by atoms with Crippen LogP contribution < -0.4 is 10.2 Å². The van der Waals surface area contributed by atoms with Crippen molar-refractivity contribution in [2.24, 2.45) is 0 Å². The Morgan fingerprint density at radius 2 is 1.81 bits per heavy atom. The first-order valence-corrected chi connectivity index (χ1v) is 7.91. The van der Waals surface area contributed by atoms with Crippen LogP contribution in [0.2, 0.25) is 0 Å². The fourth-order valence-electron chi connectivity index (χ4n) is 2.88. The summed E-state index contributed by atoms with van der Waals surface area (Å²) in [5.74, 6) is 1.12. The maximum atomic E-state index is 4.56. The quantitative estimate of drug-likeness (QED) is 0.818. The van der Waals surface area contributed by atoms with E-state index in [1.54, 1.807) is 0 Å². The summed E-state index contributed by atoms with van der Waals surface area (Å²) < 4.78 is 0. The van der Waals surface area contributed by atoms with Crippen molar-refractivity contribution in [1.29, 1.82) is 0 Å². The van der Waals surface area contributed by atoms with Gasteiger partial charge in [0, 0.05) is 25.8 Å². The van der Waals surface area contributed by atoms with Crippen LogP contribution in [0.4, 0.5) is 11.5 Å². The Balaban J connectivity index is 1.53. The van der Waals surface area contributed by atoms with Crippen LogP contribution in [0.5, 0.6) is 0 Å². The number of anilines is 2. The molecule has 0 aliphatic carbocycles. The highest BCUT2D eigenvalue weighted by Crippen LogP contribution is 2.25. The molecule has 1 aliphatic rings. The van der Waals surface area contributed by atoms with Crippen LogP contribution in [-0.2, 0) is 6.42 Å². The van der Waals surface area contributed by atoms with E-state index < -0.39 is 0 Å². The number of hydrogen-bond donors (Lipinski definition) is 1. The highest BCUT2D eigenvalue weighted by Gasteiger charge is 2.16. The van der Waals surface area contributed by atoms with Crippen molar-refractivity contribution in [1.82, 2.24) is 4.98 Å². The van der Waals surface area contributed by atoms with Gasteiger partial charge in [-0.2, -0.15) is 0 Å². The predicted octanol–water partition coefficient (Wildman–Crippen LogP) is 3.73. The average Bonchev–Trinajstić information content (AvgIpc) is 3.07. The molecule has 0 bridgehead atoms. The van der Waals surface area contributed by atoms with Crippen molar-refractivity contribution < 1.29 is 0 Å². The van der Waals surface area contributed by atoms with Crippen molar-refractivity contribution >= 4 is 11.5 Å². The monoisotopic (exact) mass is 281 g/mol. The van der Waals surface area contributed by atoms with Crippen molar-refractivity contribution in [2.75, 3.05) is 29.9 Å². The van der Waals surface area contributed by atoms with Crippen LogP contribution in [0.3, 0.4) is 0 Å². The number of aryl methyl sites for hydroxylation is 1. The maximum absolute atomic E-state index is 4.56. The third-order valence-electron chi connectivity index (χ3n) is 3.99. The van der Waals surface area contributed by atoms with E-state index in [4.69, 9.17) is 0 Å². The summed E-state index contributed by atoms with van der Waals surface area (Å²) in [6, 6.07) is 14.8. The van der Waals surface area contributed by atoms with Crippen LogP contribution in [0.1, 0.15) is 24.8 Å². The van der Waals surface area contributed by atoms with Crippen molar-refractivity contribution in [3.63, 3.8) is 0 Å². The fraction of sp³-hybridized carbons (Fsp3) is 0.389. The molecule has 3 nitrogen and oxygen atoms in total. The maximum Gasteiger partial charge on any atom is 0.151 e. The molecule has 0 spiro atoms. The van der Waals surface area contributed by atoms with Crippen molar-refractivity contribution in [2.45, 2.75) is 25.7 Å². The van der Waals surface area contributed by atoms with Gasteiger partial charge in [-0.1, -0.05) is 30.3 Å². The summed E-state index contributed by atoms with van der Waals surface area (Å²) in [5.41, 5.74) is 2.58. The van der Waals surface area contributed by atoms with Gasteiger partial charge in [-0.15, -0.1) is 0 Å². The molecule has 1 saturated heterocycles. The zero-order valence-corrected chi connectivity index (χ0v) is 12.5. The molecule has 1 aromatic carbocycles. The van der Waals surface area contributed by atoms with Crippen LogP contribution in [-0.4, -0.2) is 24.6 Å². The zero-order valence-electron chi connectivity index (χ0n) is 12.5. The molecule has 1 aromatic heterocycles. The number of aromatic nitrogens is 1. The van der Waals surface area contributed by atoms with E-state index in [0.717, 1.165) is 38.3 Å². The molecule has 0 saturated carbocycles. The minimum atomic E-state index is 0.988. The number of benzene rings is 1. The lowest BCUT2D eigenvalue weighted by Gasteiger charge is -2.20.